The summed E-state index contributed by atoms with van der Waals surface area (Å²) in [5.41, 5.74) is 0.960. The summed E-state index contributed by atoms with van der Waals surface area (Å²) >= 11 is 0. The Kier molecular flexibility index (Phi) is 5.09. The summed E-state index contributed by atoms with van der Waals surface area (Å²) < 4.78 is 31.7. The first-order valence-corrected chi connectivity index (χ1v) is 8.14. The molecule has 2 rings (SSSR count). The van der Waals surface area contributed by atoms with Crippen molar-refractivity contribution in [3.63, 3.8) is 0 Å². The molecule has 1 saturated carbocycles. The first-order valence-electron chi connectivity index (χ1n) is 6.70. The first-order chi connectivity index (χ1) is 9.59. The second-order valence-corrected chi connectivity index (χ2v) is 6.71. The summed E-state index contributed by atoms with van der Waals surface area (Å²) in [7, 11) is -0.111. The molecular weight excluding hydrogens is 278 g/mol. The lowest BCUT2D eigenvalue weighted by Gasteiger charge is -2.20. The summed E-state index contributed by atoms with van der Waals surface area (Å²) in [6.45, 7) is 1.44. The van der Waals surface area contributed by atoms with Crippen LogP contribution >= 0.6 is 0 Å². The minimum atomic E-state index is -3.52. The van der Waals surface area contributed by atoms with E-state index in [1.54, 1.807) is 25.4 Å². The number of nitrogens with zero attached hydrogens (tertiary/aromatic N) is 2. The maximum Gasteiger partial charge on any atom is 0.260 e. The third-order valence-electron chi connectivity index (χ3n) is 3.22. The van der Waals surface area contributed by atoms with Gasteiger partial charge in [0.05, 0.1) is 6.61 Å². The van der Waals surface area contributed by atoms with E-state index in [9.17, 15) is 8.42 Å². The highest BCUT2D eigenvalue weighted by molar-refractivity contribution is 7.89. The highest BCUT2D eigenvalue weighted by Gasteiger charge is 2.38. The molecule has 0 spiro atoms. The van der Waals surface area contributed by atoms with Crippen LogP contribution in [0.4, 0.5) is 0 Å². The Morgan fingerprint density at radius 2 is 2.20 bits per heavy atom. The molecule has 1 aliphatic carbocycles. The van der Waals surface area contributed by atoms with E-state index in [1.165, 1.54) is 4.31 Å². The van der Waals surface area contributed by atoms with E-state index in [1.807, 2.05) is 7.05 Å². The van der Waals surface area contributed by atoms with Crippen LogP contribution in [-0.4, -0.2) is 51.1 Å². The summed E-state index contributed by atoms with van der Waals surface area (Å²) in [6.07, 6.45) is 3.44. The highest BCUT2D eigenvalue weighted by Crippen LogP contribution is 2.31. The van der Waals surface area contributed by atoms with Crippen molar-refractivity contribution in [3.05, 3.63) is 23.9 Å². The van der Waals surface area contributed by atoms with Crippen molar-refractivity contribution in [1.82, 2.24) is 14.6 Å². The molecule has 0 amide bonds. The van der Waals surface area contributed by atoms with Gasteiger partial charge >= 0.3 is 0 Å². The molecule has 1 aromatic rings. The summed E-state index contributed by atoms with van der Waals surface area (Å²) in [6, 6.07) is 3.47. The molecule has 7 heteroatoms. The number of sulfonamides is 1. The van der Waals surface area contributed by atoms with Crippen LogP contribution < -0.4 is 5.32 Å². The largest absolute Gasteiger partial charge is 0.383 e. The van der Waals surface area contributed by atoms with E-state index in [-0.39, 0.29) is 11.1 Å². The zero-order valence-corrected chi connectivity index (χ0v) is 12.7. The lowest BCUT2D eigenvalue weighted by molar-refractivity contribution is 0.177. The van der Waals surface area contributed by atoms with Crippen molar-refractivity contribution in [1.29, 1.82) is 0 Å². The zero-order valence-electron chi connectivity index (χ0n) is 11.9. The van der Waals surface area contributed by atoms with Gasteiger partial charge < -0.3 is 10.1 Å². The lowest BCUT2D eigenvalue weighted by atomic mass is 10.3. The van der Waals surface area contributed by atoms with E-state index >= 15 is 0 Å². The predicted molar refractivity (Wildman–Crippen MR) is 75.8 cm³/mol. The summed E-state index contributed by atoms with van der Waals surface area (Å²) in [5, 5.41) is 3.12. The van der Waals surface area contributed by atoms with Gasteiger partial charge in [-0.1, -0.05) is 6.07 Å². The van der Waals surface area contributed by atoms with Crippen molar-refractivity contribution in [2.24, 2.45) is 0 Å². The normalized spacial score (nSPS) is 15.8. The number of hydrogen-bond donors (Lipinski definition) is 1. The van der Waals surface area contributed by atoms with E-state index in [0.29, 0.717) is 19.7 Å². The van der Waals surface area contributed by atoms with Gasteiger partial charge in [-0.05, 0) is 31.5 Å². The molecule has 1 aliphatic rings. The highest BCUT2D eigenvalue weighted by atomic mass is 32.2. The maximum absolute atomic E-state index is 12.6. The molecule has 1 N–H and O–H groups in total. The monoisotopic (exact) mass is 299 g/mol. The Labute approximate surface area is 120 Å². The zero-order chi connectivity index (χ0) is 14.6. The molecule has 6 nitrogen and oxygen atoms in total. The van der Waals surface area contributed by atoms with Gasteiger partial charge in [0.1, 0.15) is 0 Å². The quantitative estimate of drug-likeness (QED) is 0.761. The fourth-order valence-corrected chi connectivity index (χ4v) is 3.62. The molecule has 0 atom stereocenters. The number of rotatable bonds is 8. The smallest absolute Gasteiger partial charge is 0.260 e. The van der Waals surface area contributed by atoms with Gasteiger partial charge in [0.25, 0.3) is 10.0 Å². The molecule has 0 aliphatic heterocycles. The molecule has 0 radical (unpaired) electrons. The molecule has 112 valence electrons. The van der Waals surface area contributed by atoms with Gasteiger partial charge in [0.2, 0.25) is 0 Å². The minimum Gasteiger partial charge on any atom is -0.383 e. The van der Waals surface area contributed by atoms with Gasteiger partial charge in [-0.25, -0.2) is 13.4 Å². The van der Waals surface area contributed by atoms with Gasteiger partial charge in [-0.15, -0.1) is 0 Å². The minimum absolute atomic E-state index is 0.105. The third-order valence-corrected chi connectivity index (χ3v) is 5.09. The fraction of sp³-hybridized carbons (Fsp3) is 0.615. The van der Waals surface area contributed by atoms with Crippen molar-refractivity contribution >= 4 is 10.0 Å². The van der Waals surface area contributed by atoms with Crippen LogP contribution in [0.15, 0.2) is 23.4 Å². The maximum atomic E-state index is 12.6. The van der Waals surface area contributed by atoms with Crippen LogP contribution in [0.25, 0.3) is 0 Å². The predicted octanol–water partition coefficient (Wildman–Crippen LogP) is 0.600. The number of nitrogens with one attached hydrogen (secondary N) is 1. The van der Waals surface area contributed by atoms with Crippen LogP contribution in [0.5, 0.6) is 0 Å². The topological polar surface area (TPSA) is 71.5 Å². The molecule has 0 aromatic carbocycles. The Bertz CT molecular complexity index is 526. The molecule has 0 saturated heterocycles. The van der Waals surface area contributed by atoms with E-state index in [0.717, 1.165) is 18.4 Å². The molecule has 0 bridgehead atoms. The van der Waals surface area contributed by atoms with Crippen molar-refractivity contribution in [2.75, 3.05) is 27.3 Å². The summed E-state index contributed by atoms with van der Waals surface area (Å²) in [4.78, 5) is 4.10. The second-order valence-electron chi connectivity index (χ2n) is 4.87. The standard InChI is InChI=1S/C13H21N3O3S/c1-14-9-11-3-6-13(15-10-11)20(17,18)16(7-8-19-2)12-4-5-12/h3,6,10,12,14H,4-5,7-9H2,1-2H3. The fourth-order valence-electron chi connectivity index (χ4n) is 2.04. The number of pyridine rings is 1. The van der Waals surface area contributed by atoms with E-state index in [2.05, 4.69) is 10.3 Å². The van der Waals surface area contributed by atoms with Gasteiger partial charge in [0, 0.05) is 32.4 Å². The van der Waals surface area contributed by atoms with Crippen LogP contribution in [0, 0.1) is 0 Å². The van der Waals surface area contributed by atoms with Crippen molar-refractivity contribution in [3.8, 4) is 0 Å². The van der Waals surface area contributed by atoms with E-state index in [4.69, 9.17) is 4.74 Å². The average molecular weight is 299 g/mol. The third kappa shape index (κ3) is 3.54. The van der Waals surface area contributed by atoms with Crippen LogP contribution in [0.1, 0.15) is 18.4 Å². The molecule has 0 unspecified atom stereocenters. The van der Waals surface area contributed by atoms with Crippen LogP contribution in [0.2, 0.25) is 0 Å². The molecule has 1 heterocycles. The van der Waals surface area contributed by atoms with Crippen LogP contribution in [-0.2, 0) is 21.3 Å². The van der Waals surface area contributed by atoms with Crippen LogP contribution in [0.3, 0.4) is 0 Å². The van der Waals surface area contributed by atoms with Gasteiger partial charge in [-0.2, -0.15) is 4.31 Å². The number of methoxy groups -OCH3 is 1. The number of aromatic nitrogens is 1. The summed E-state index contributed by atoms with van der Waals surface area (Å²) in [5.74, 6) is 0. The SMILES string of the molecule is CNCc1ccc(S(=O)(=O)N(CCOC)C2CC2)nc1. The molecule has 1 aromatic heterocycles. The first kappa shape index (κ1) is 15.4. The molecular formula is C13H21N3O3S. The average Bonchev–Trinajstić information content (AvgIpc) is 3.24. The molecule has 20 heavy (non-hydrogen) atoms. The lowest BCUT2D eigenvalue weighted by Crippen LogP contribution is -2.36. The Morgan fingerprint density at radius 1 is 1.45 bits per heavy atom. The Morgan fingerprint density at radius 3 is 2.70 bits per heavy atom. The second kappa shape index (κ2) is 6.62. The van der Waals surface area contributed by atoms with Gasteiger partial charge in [0.15, 0.2) is 5.03 Å². The Balaban J connectivity index is 2.18. The van der Waals surface area contributed by atoms with E-state index < -0.39 is 10.0 Å². The van der Waals surface area contributed by atoms with Crippen molar-refractivity contribution in [2.45, 2.75) is 30.5 Å². The van der Waals surface area contributed by atoms with Gasteiger partial charge in [-0.3, -0.25) is 0 Å². The Hall–Kier alpha value is -1.02. The molecule has 1 fully saturated rings. The number of hydrogen-bond acceptors (Lipinski definition) is 5. The number of ether oxygens (including phenoxy) is 1. The van der Waals surface area contributed by atoms with Crippen molar-refractivity contribution < 1.29 is 13.2 Å².